The lowest BCUT2D eigenvalue weighted by Crippen LogP contribution is -2.13. The molecule has 0 aromatic heterocycles. The highest BCUT2D eigenvalue weighted by Gasteiger charge is 2.22. The number of ether oxygens (including phenoxy) is 1. The molecule has 3 nitrogen and oxygen atoms in total. The quantitative estimate of drug-likeness (QED) is 0.491. The second kappa shape index (κ2) is 8.78. The molecular weight excluding hydrogens is 360 g/mol. The standard InChI is InChI=1S/C26H24O3/c27-26(28)18-22-6-4-5-21-17-20(13-16-25(21)22)10-9-19-11-14-24(15-12-19)29-23-7-2-1-3-8-23/h1-3,7-17,22H,4-6,18H2,(H,27,28)/b10-9+. The molecule has 3 heteroatoms. The van der Waals surface area contributed by atoms with E-state index in [1.54, 1.807) is 0 Å². The fourth-order valence-corrected chi connectivity index (χ4v) is 3.93. The second-order valence-corrected chi connectivity index (χ2v) is 7.46. The number of carbonyl (C=O) groups is 1. The number of carboxylic acid groups (broad SMARTS) is 1. The van der Waals surface area contributed by atoms with Gasteiger partial charge in [0, 0.05) is 0 Å². The molecule has 0 saturated heterocycles. The van der Waals surface area contributed by atoms with E-state index in [1.165, 1.54) is 11.1 Å². The van der Waals surface area contributed by atoms with Crippen LogP contribution in [0.5, 0.6) is 11.5 Å². The number of hydrogen-bond acceptors (Lipinski definition) is 2. The molecule has 0 amide bonds. The molecule has 0 fully saturated rings. The summed E-state index contributed by atoms with van der Waals surface area (Å²) in [5, 5.41) is 9.14. The fourth-order valence-electron chi connectivity index (χ4n) is 3.93. The molecule has 0 radical (unpaired) electrons. The van der Waals surface area contributed by atoms with E-state index in [0.717, 1.165) is 41.9 Å². The molecule has 0 bridgehead atoms. The monoisotopic (exact) mass is 384 g/mol. The summed E-state index contributed by atoms with van der Waals surface area (Å²) in [7, 11) is 0. The summed E-state index contributed by atoms with van der Waals surface area (Å²) in [4.78, 5) is 11.1. The highest BCUT2D eigenvalue weighted by Crippen LogP contribution is 2.34. The number of rotatable bonds is 6. The zero-order chi connectivity index (χ0) is 20.1. The second-order valence-electron chi connectivity index (χ2n) is 7.46. The minimum absolute atomic E-state index is 0.145. The van der Waals surface area contributed by atoms with Crippen LogP contribution in [0, 0.1) is 0 Å². The van der Waals surface area contributed by atoms with Gasteiger partial charge < -0.3 is 9.84 Å². The largest absolute Gasteiger partial charge is 0.481 e. The number of hydrogen-bond donors (Lipinski definition) is 1. The van der Waals surface area contributed by atoms with Gasteiger partial charge in [0.15, 0.2) is 0 Å². The number of fused-ring (bicyclic) bond motifs is 1. The van der Waals surface area contributed by atoms with Crippen LogP contribution in [0.2, 0.25) is 0 Å². The van der Waals surface area contributed by atoms with Crippen LogP contribution in [0.1, 0.15) is 47.4 Å². The van der Waals surface area contributed by atoms with Crippen molar-refractivity contribution >= 4 is 18.1 Å². The van der Waals surface area contributed by atoms with Crippen molar-refractivity contribution in [3.05, 3.63) is 95.1 Å². The van der Waals surface area contributed by atoms with Gasteiger partial charge in [0.25, 0.3) is 0 Å². The number of aliphatic carboxylic acids is 1. The Hall–Kier alpha value is -3.33. The maximum atomic E-state index is 11.1. The van der Waals surface area contributed by atoms with Crippen molar-refractivity contribution in [2.24, 2.45) is 0 Å². The van der Waals surface area contributed by atoms with E-state index in [-0.39, 0.29) is 12.3 Å². The van der Waals surface area contributed by atoms with Crippen molar-refractivity contribution in [3.8, 4) is 11.5 Å². The third kappa shape index (κ3) is 4.94. The molecule has 4 rings (SSSR count). The van der Waals surface area contributed by atoms with Crippen LogP contribution in [-0.4, -0.2) is 11.1 Å². The van der Waals surface area contributed by atoms with E-state index in [2.05, 4.69) is 30.4 Å². The van der Waals surface area contributed by atoms with Gasteiger partial charge in [-0.1, -0.05) is 60.7 Å². The Morgan fingerprint density at radius 2 is 1.62 bits per heavy atom. The van der Waals surface area contributed by atoms with Crippen LogP contribution < -0.4 is 4.74 Å². The van der Waals surface area contributed by atoms with Crippen LogP contribution in [-0.2, 0) is 11.2 Å². The molecular formula is C26H24O3. The highest BCUT2D eigenvalue weighted by molar-refractivity contribution is 5.71. The first-order valence-corrected chi connectivity index (χ1v) is 10.0. The Bertz CT molecular complexity index is 1000. The predicted molar refractivity (Wildman–Crippen MR) is 116 cm³/mol. The maximum absolute atomic E-state index is 11.1. The van der Waals surface area contributed by atoms with E-state index in [1.807, 2.05) is 54.6 Å². The Balaban J connectivity index is 1.44. The van der Waals surface area contributed by atoms with E-state index >= 15 is 0 Å². The number of aryl methyl sites for hydroxylation is 1. The molecule has 3 aromatic rings. The molecule has 1 atom stereocenters. The minimum atomic E-state index is -0.716. The summed E-state index contributed by atoms with van der Waals surface area (Å²) < 4.78 is 5.83. The Morgan fingerprint density at radius 1 is 0.931 bits per heavy atom. The van der Waals surface area contributed by atoms with Crippen LogP contribution in [0.15, 0.2) is 72.8 Å². The first kappa shape index (κ1) is 19.0. The third-order valence-corrected chi connectivity index (χ3v) is 5.35. The van der Waals surface area contributed by atoms with Gasteiger partial charge >= 0.3 is 5.97 Å². The van der Waals surface area contributed by atoms with Crippen molar-refractivity contribution in [3.63, 3.8) is 0 Å². The molecule has 29 heavy (non-hydrogen) atoms. The van der Waals surface area contributed by atoms with E-state index in [0.29, 0.717) is 0 Å². The smallest absolute Gasteiger partial charge is 0.303 e. The van der Waals surface area contributed by atoms with E-state index < -0.39 is 5.97 Å². The molecule has 1 aliphatic rings. The van der Waals surface area contributed by atoms with Crippen molar-refractivity contribution in [1.29, 1.82) is 0 Å². The summed E-state index contributed by atoms with van der Waals surface area (Å²) >= 11 is 0. The van der Waals surface area contributed by atoms with Gasteiger partial charge in [-0.15, -0.1) is 0 Å². The topological polar surface area (TPSA) is 46.5 Å². The molecule has 0 aliphatic heterocycles. The van der Waals surface area contributed by atoms with Gasteiger partial charge in [0.1, 0.15) is 11.5 Å². The molecule has 0 saturated carbocycles. The zero-order valence-electron chi connectivity index (χ0n) is 16.3. The van der Waals surface area contributed by atoms with Crippen molar-refractivity contribution in [1.82, 2.24) is 0 Å². The van der Waals surface area contributed by atoms with Gasteiger partial charge in [-0.2, -0.15) is 0 Å². The zero-order valence-corrected chi connectivity index (χ0v) is 16.3. The molecule has 146 valence electrons. The van der Waals surface area contributed by atoms with Crippen LogP contribution in [0.3, 0.4) is 0 Å². The fraction of sp³-hybridized carbons (Fsp3) is 0.192. The van der Waals surface area contributed by atoms with Crippen LogP contribution in [0.4, 0.5) is 0 Å². The number of carboxylic acids is 1. The Kier molecular flexibility index (Phi) is 5.76. The van der Waals surface area contributed by atoms with Gasteiger partial charge in [-0.3, -0.25) is 4.79 Å². The SMILES string of the molecule is O=C(O)CC1CCCc2cc(/C=C/c3ccc(Oc4ccccc4)cc3)ccc21. The first-order chi connectivity index (χ1) is 14.2. The Labute approximate surface area is 171 Å². The van der Waals surface area contributed by atoms with Crippen molar-refractivity contribution < 1.29 is 14.6 Å². The van der Waals surface area contributed by atoms with Crippen molar-refractivity contribution in [2.45, 2.75) is 31.6 Å². The van der Waals surface area contributed by atoms with Crippen LogP contribution in [0.25, 0.3) is 12.2 Å². The third-order valence-electron chi connectivity index (χ3n) is 5.35. The average molecular weight is 384 g/mol. The Morgan fingerprint density at radius 3 is 2.38 bits per heavy atom. The lowest BCUT2D eigenvalue weighted by atomic mass is 9.80. The number of benzene rings is 3. The summed E-state index contributed by atoms with van der Waals surface area (Å²) in [6.45, 7) is 0. The minimum Gasteiger partial charge on any atom is -0.481 e. The molecule has 0 heterocycles. The lowest BCUT2D eigenvalue weighted by molar-refractivity contribution is -0.137. The summed E-state index contributed by atoms with van der Waals surface area (Å²) in [6.07, 6.45) is 7.46. The van der Waals surface area contributed by atoms with Gasteiger partial charge in [0.05, 0.1) is 6.42 Å². The summed E-state index contributed by atoms with van der Waals surface area (Å²) in [5.74, 6) is 1.07. The summed E-state index contributed by atoms with van der Waals surface area (Å²) in [5.41, 5.74) is 4.74. The van der Waals surface area contributed by atoms with Gasteiger partial charge in [-0.25, -0.2) is 0 Å². The van der Waals surface area contributed by atoms with Gasteiger partial charge in [-0.05, 0) is 71.7 Å². The average Bonchev–Trinajstić information content (AvgIpc) is 2.74. The predicted octanol–water partition coefficient (Wildman–Crippen LogP) is 6.54. The molecule has 0 spiro atoms. The number of para-hydroxylation sites is 1. The molecule has 1 unspecified atom stereocenters. The van der Waals surface area contributed by atoms with E-state index in [4.69, 9.17) is 9.84 Å². The van der Waals surface area contributed by atoms with E-state index in [9.17, 15) is 4.79 Å². The van der Waals surface area contributed by atoms with Crippen LogP contribution >= 0.6 is 0 Å². The lowest BCUT2D eigenvalue weighted by Gasteiger charge is -2.24. The normalized spacial score (nSPS) is 15.8. The van der Waals surface area contributed by atoms with Gasteiger partial charge in [0.2, 0.25) is 0 Å². The molecule has 3 aromatic carbocycles. The van der Waals surface area contributed by atoms with Crippen molar-refractivity contribution in [2.75, 3.05) is 0 Å². The first-order valence-electron chi connectivity index (χ1n) is 10.0. The maximum Gasteiger partial charge on any atom is 0.303 e. The highest BCUT2D eigenvalue weighted by atomic mass is 16.5. The molecule has 1 aliphatic carbocycles. The molecule has 1 N–H and O–H groups in total. The summed E-state index contributed by atoms with van der Waals surface area (Å²) in [6, 6.07) is 24.2.